The number of rotatable bonds is 7. The van der Waals surface area contributed by atoms with E-state index >= 15 is 0 Å². The number of nitrogens with zero attached hydrogens (tertiary/aromatic N) is 2. The summed E-state index contributed by atoms with van der Waals surface area (Å²) in [5.41, 5.74) is 4.10. The van der Waals surface area contributed by atoms with Gasteiger partial charge in [-0.3, -0.25) is 4.98 Å². The molecule has 0 aliphatic carbocycles. The minimum atomic E-state index is 0.658. The molecular weight excluding hydrogens is 288 g/mol. The SMILES string of the molecule is CCc1cc(-c2cccc(C)n2)c(OC)cc1OCCN(C)C. The first-order chi connectivity index (χ1) is 11.0. The molecule has 1 heterocycles. The molecule has 0 atom stereocenters. The standard InChI is InChI=1S/C19H26N2O2/c1-6-15-12-16(17-9-7-8-14(2)20-17)19(22-5)13-18(15)23-11-10-21(3)4/h7-9,12-13H,6,10-11H2,1-5H3. The first-order valence-electron chi connectivity index (χ1n) is 7.97. The van der Waals surface area contributed by atoms with E-state index in [9.17, 15) is 0 Å². The topological polar surface area (TPSA) is 34.6 Å². The van der Waals surface area contributed by atoms with E-state index in [1.807, 2.05) is 45.3 Å². The van der Waals surface area contributed by atoms with Gasteiger partial charge in [0, 0.05) is 23.9 Å². The van der Waals surface area contributed by atoms with Crippen molar-refractivity contribution in [1.82, 2.24) is 9.88 Å². The predicted octanol–water partition coefficient (Wildman–Crippen LogP) is 3.57. The second kappa shape index (κ2) is 7.97. The molecule has 4 heteroatoms. The quantitative estimate of drug-likeness (QED) is 0.782. The van der Waals surface area contributed by atoms with Gasteiger partial charge in [-0.25, -0.2) is 0 Å². The van der Waals surface area contributed by atoms with Gasteiger partial charge in [0.05, 0.1) is 12.8 Å². The van der Waals surface area contributed by atoms with E-state index in [4.69, 9.17) is 9.47 Å². The number of ether oxygens (including phenoxy) is 2. The Morgan fingerprint density at radius 2 is 1.91 bits per heavy atom. The van der Waals surface area contributed by atoms with Crippen molar-refractivity contribution in [3.63, 3.8) is 0 Å². The first kappa shape index (κ1) is 17.3. The Hall–Kier alpha value is -2.07. The Morgan fingerprint density at radius 3 is 2.52 bits per heavy atom. The van der Waals surface area contributed by atoms with E-state index in [2.05, 4.69) is 22.9 Å². The van der Waals surface area contributed by atoms with Gasteiger partial charge in [0.1, 0.15) is 18.1 Å². The molecule has 23 heavy (non-hydrogen) atoms. The first-order valence-corrected chi connectivity index (χ1v) is 7.97. The van der Waals surface area contributed by atoms with Gasteiger partial charge in [0.2, 0.25) is 0 Å². The Labute approximate surface area is 139 Å². The van der Waals surface area contributed by atoms with Crippen molar-refractivity contribution in [2.24, 2.45) is 0 Å². The van der Waals surface area contributed by atoms with E-state index in [1.165, 1.54) is 5.56 Å². The maximum absolute atomic E-state index is 5.95. The smallest absolute Gasteiger partial charge is 0.131 e. The lowest BCUT2D eigenvalue weighted by Crippen LogP contribution is -2.19. The lowest BCUT2D eigenvalue weighted by molar-refractivity contribution is 0.258. The number of hydrogen-bond donors (Lipinski definition) is 0. The van der Waals surface area contributed by atoms with Crippen molar-refractivity contribution in [2.45, 2.75) is 20.3 Å². The van der Waals surface area contributed by atoms with Crippen LogP contribution in [0.1, 0.15) is 18.2 Å². The van der Waals surface area contributed by atoms with Crippen LogP contribution in [0.2, 0.25) is 0 Å². The van der Waals surface area contributed by atoms with Crippen LogP contribution in [0.15, 0.2) is 30.3 Å². The van der Waals surface area contributed by atoms with Gasteiger partial charge in [-0.2, -0.15) is 0 Å². The van der Waals surface area contributed by atoms with Crippen LogP contribution in [0.3, 0.4) is 0 Å². The highest BCUT2D eigenvalue weighted by atomic mass is 16.5. The molecule has 0 saturated carbocycles. The lowest BCUT2D eigenvalue weighted by Gasteiger charge is -2.17. The summed E-state index contributed by atoms with van der Waals surface area (Å²) in [6, 6.07) is 10.1. The molecule has 4 nitrogen and oxygen atoms in total. The highest BCUT2D eigenvalue weighted by molar-refractivity contribution is 5.70. The third-order valence-electron chi connectivity index (χ3n) is 3.72. The van der Waals surface area contributed by atoms with Gasteiger partial charge in [0.15, 0.2) is 0 Å². The third kappa shape index (κ3) is 4.45. The van der Waals surface area contributed by atoms with Crippen LogP contribution >= 0.6 is 0 Å². The highest BCUT2D eigenvalue weighted by Gasteiger charge is 2.13. The fourth-order valence-electron chi connectivity index (χ4n) is 2.42. The average molecular weight is 314 g/mol. The van der Waals surface area contributed by atoms with E-state index in [0.29, 0.717) is 6.61 Å². The summed E-state index contributed by atoms with van der Waals surface area (Å²) in [5, 5.41) is 0. The highest BCUT2D eigenvalue weighted by Crippen LogP contribution is 2.35. The van der Waals surface area contributed by atoms with Crippen LogP contribution in [-0.2, 0) is 6.42 Å². The van der Waals surface area contributed by atoms with Crippen LogP contribution in [-0.4, -0.2) is 44.2 Å². The largest absolute Gasteiger partial charge is 0.496 e. The number of aryl methyl sites for hydroxylation is 2. The maximum Gasteiger partial charge on any atom is 0.131 e. The molecule has 0 fully saturated rings. The fourth-order valence-corrected chi connectivity index (χ4v) is 2.42. The van der Waals surface area contributed by atoms with Crippen molar-refractivity contribution in [3.05, 3.63) is 41.6 Å². The molecule has 2 rings (SSSR count). The zero-order valence-electron chi connectivity index (χ0n) is 14.7. The molecular formula is C19H26N2O2. The molecule has 0 bridgehead atoms. The third-order valence-corrected chi connectivity index (χ3v) is 3.72. The molecule has 0 aliphatic rings. The summed E-state index contributed by atoms with van der Waals surface area (Å²) in [5.74, 6) is 1.68. The number of pyridine rings is 1. The molecule has 0 aliphatic heterocycles. The number of benzene rings is 1. The number of methoxy groups -OCH3 is 1. The van der Waals surface area contributed by atoms with Crippen LogP contribution < -0.4 is 9.47 Å². The van der Waals surface area contributed by atoms with Crippen LogP contribution in [0.25, 0.3) is 11.3 Å². The zero-order chi connectivity index (χ0) is 16.8. The number of hydrogen-bond acceptors (Lipinski definition) is 4. The van der Waals surface area contributed by atoms with E-state index < -0.39 is 0 Å². The van der Waals surface area contributed by atoms with Crippen molar-refractivity contribution in [3.8, 4) is 22.8 Å². The monoisotopic (exact) mass is 314 g/mol. The Morgan fingerprint density at radius 1 is 1.13 bits per heavy atom. The summed E-state index contributed by atoms with van der Waals surface area (Å²) in [6.45, 7) is 5.67. The Kier molecular flexibility index (Phi) is 5.99. The Bertz CT molecular complexity index is 654. The molecule has 2 aromatic rings. The predicted molar refractivity (Wildman–Crippen MR) is 94.4 cm³/mol. The molecule has 0 spiro atoms. The van der Waals surface area contributed by atoms with Crippen LogP contribution in [0.4, 0.5) is 0 Å². The number of likely N-dealkylation sites (N-methyl/N-ethyl adjacent to an activating group) is 1. The van der Waals surface area contributed by atoms with Gasteiger partial charge >= 0.3 is 0 Å². The maximum atomic E-state index is 5.95. The van der Waals surface area contributed by atoms with Gasteiger partial charge in [-0.1, -0.05) is 13.0 Å². The molecule has 1 aromatic heterocycles. The minimum absolute atomic E-state index is 0.658. The average Bonchev–Trinajstić information content (AvgIpc) is 2.54. The van der Waals surface area contributed by atoms with E-state index in [0.717, 1.165) is 41.4 Å². The van der Waals surface area contributed by atoms with Gasteiger partial charge in [0.25, 0.3) is 0 Å². The normalized spacial score (nSPS) is 10.9. The van der Waals surface area contributed by atoms with Gasteiger partial charge < -0.3 is 14.4 Å². The van der Waals surface area contributed by atoms with Crippen LogP contribution in [0.5, 0.6) is 11.5 Å². The fraction of sp³-hybridized carbons (Fsp3) is 0.421. The molecule has 0 amide bonds. The van der Waals surface area contributed by atoms with Crippen molar-refractivity contribution in [2.75, 3.05) is 34.4 Å². The molecule has 124 valence electrons. The summed E-state index contributed by atoms with van der Waals surface area (Å²) >= 11 is 0. The summed E-state index contributed by atoms with van der Waals surface area (Å²) in [7, 11) is 5.76. The molecule has 0 saturated heterocycles. The number of aromatic nitrogens is 1. The summed E-state index contributed by atoms with van der Waals surface area (Å²) in [4.78, 5) is 6.72. The molecule has 1 aromatic carbocycles. The van der Waals surface area contributed by atoms with E-state index in [-0.39, 0.29) is 0 Å². The Balaban J connectivity index is 2.37. The molecule has 0 radical (unpaired) electrons. The van der Waals surface area contributed by atoms with Crippen molar-refractivity contribution in [1.29, 1.82) is 0 Å². The van der Waals surface area contributed by atoms with Gasteiger partial charge in [-0.05, 0) is 51.2 Å². The summed E-state index contributed by atoms with van der Waals surface area (Å²) < 4.78 is 11.5. The summed E-state index contributed by atoms with van der Waals surface area (Å²) in [6.07, 6.45) is 0.903. The van der Waals surface area contributed by atoms with E-state index in [1.54, 1.807) is 7.11 Å². The second-order valence-corrected chi connectivity index (χ2v) is 5.83. The molecule has 0 N–H and O–H groups in total. The minimum Gasteiger partial charge on any atom is -0.496 e. The lowest BCUT2D eigenvalue weighted by atomic mass is 10.0. The van der Waals surface area contributed by atoms with Crippen LogP contribution in [0, 0.1) is 6.92 Å². The zero-order valence-corrected chi connectivity index (χ0v) is 14.7. The van der Waals surface area contributed by atoms with Crippen molar-refractivity contribution >= 4 is 0 Å². The van der Waals surface area contributed by atoms with Crippen molar-refractivity contribution < 1.29 is 9.47 Å². The molecule has 0 unspecified atom stereocenters. The second-order valence-electron chi connectivity index (χ2n) is 5.83. The van der Waals surface area contributed by atoms with Gasteiger partial charge in [-0.15, -0.1) is 0 Å².